The zero-order valence-corrected chi connectivity index (χ0v) is 11.5. The van der Waals surface area contributed by atoms with Crippen LogP contribution in [0, 0.1) is 0 Å². The molecule has 0 bridgehead atoms. The maximum Gasteiger partial charge on any atom is 0.237 e. The molecule has 0 saturated heterocycles. The average Bonchev–Trinajstić information content (AvgIpc) is 2.97. The third kappa shape index (κ3) is 2.35. The van der Waals surface area contributed by atoms with Crippen molar-refractivity contribution < 1.29 is 9.32 Å². The Hall–Kier alpha value is -2.04. The van der Waals surface area contributed by atoms with Gasteiger partial charge in [0.25, 0.3) is 0 Å². The van der Waals surface area contributed by atoms with Gasteiger partial charge in [0.15, 0.2) is 0 Å². The smallest absolute Gasteiger partial charge is 0.237 e. The number of aromatic nitrogens is 3. The van der Waals surface area contributed by atoms with E-state index in [-0.39, 0.29) is 11.7 Å². The van der Waals surface area contributed by atoms with Crippen LogP contribution in [0.3, 0.4) is 0 Å². The maximum atomic E-state index is 11.9. The summed E-state index contributed by atoms with van der Waals surface area (Å²) in [6, 6.07) is 1.89. The van der Waals surface area contributed by atoms with E-state index in [1.807, 2.05) is 12.3 Å². The zero-order chi connectivity index (χ0) is 13.9. The summed E-state index contributed by atoms with van der Waals surface area (Å²) in [5, 5.41) is 4.04. The summed E-state index contributed by atoms with van der Waals surface area (Å²) in [6.45, 7) is 2.06. The standard InChI is InChI=1S/C15H17N3O2/c1-2-10-9-16-8-7-11(10)14-17-15(20-18-14)12-5-3-4-6-13(12)19/h7-9,12H,2-6H2,1H3. The van der Waals surface area contributed by atoms with Gasteiger partial charge in [-0.25, -0.2) is 0 Å². The normalized spacial score (nSPS) is 19.2. The van der Waals surface area contributed by atoms with Gasteiger partial charge < -0.3 is 4.52 Å². The number of carbonyl (C=O) groups is 1. The second kappa shape index (κ2) is 5.53. The SMILES string of the molecule is CCc1cnccc1-c1noc(C2CCCCC2=O)n1. The van der Waals surface area contributed by atoms with Gasteiger partial charge in [0, 0.05) is 24.4 Å². The third-order valence-corrected chi connectivity index (χ3v) is 3.82. The minimum atomic E-state index is -0.211. The molecule has 1 aliphatic rings. The number of rotatable bonds is 3. The predicted octanol–water partition coefficient (Wildman–Crippen LogP) is 2.92. The lowest BCUT2D eigenvalue weighted by atomic mass is 9.88. The molecular weight excluding hydrogens is 254 g/mol. The van der Waals surface area contributed by atoms with Gasteiger partial charge in [0.1, 0.15) is 5.78 Å². The first kappa shape index (κ1) is 13.0. The van der Waals surface area contributed by atoms with E-state index in [9.17, 15) is 4.79 Å². The molecule has 20 heavy (non-hydrogen) atoms. The molecule has 5 heteroatoms. The molecule has 1 aliphatic carbocycles. The van der Waals surface area contributed by atoms with Crippen molar-refractivity contribution in [3.8, 4) is 11.4 Å². The fourth-order valence-corrected chi connectivity index (χ4v) is 2.66. The Morgan fingerprint density at radius 1 is 1.40 bits per heavy atom. The first-order valence-corrected chi connectivity index (χ1v) is 7.09. The summed E-state index contributed by atoms with van der Waals surface area (Å²) in [4.78, 5) is 20.5. The van der Waals surface area contributed by atoms with Crippen LogP contribution in [0.4, 0.5) is 0 Å². The second-order valence-electron chi connectivity index (χ2n) is 5.11. The molecular formula is C15H17N3O2. The number of hydrogen-bond donors (Lipinski definition) is 0. The van der Waals surface area contributed by atoms with Crippen molar-refractivity contribution in [2.75, 3.05) is 0 Å². The highest BCUT2D eigenvalue weighted by molar-refractivity contribution is 5.85. The van der Waals surface area contributed by atoms with Crippen LogP contribution in [0.25, 0.3) is 11.4 Å². The van der Waals surface area contributed by atoms with Crippen LogP contribution < -0.4 is 0 Å². The van der Waals surface area contributed by atoms with E-state index in [0.717, 1.165) is 36.8 Å². The minimum absolute atomic E-state index is 0.211. The van der Waals surface area contributed by atoms with E-state index in [1.54, 1.807) is 6.20 Å². The Labute approximate surface area is 117 Å². The molecule has 1 saturated carbocycles. The lowest BCUT2D eigenvalue weighted by Crippen LogP contribution is -2.17. The van der Waals surface area contributed by atoms with Crippen molar-refractivity contribution in [3.05, 3.63) is 29.9 Å². The number of nitrogens with zero attached hydrogens (tertiary/aromatic N) is 3. The largest absolute Gasteiger partial charge is 0.338 e. The van der Waals surface area contributed by atoms with Crippen LogP contribution in [0.5, 0.6) is 0 Å². The number of carbonyl (C=O) groups excluding carboxylic acids is 1. The van der Waals surface area contributed by atoms with Gasteiger partial charge in [0.2, 0.25) is 11.7 Å². The van der Waals surface area contributed by atoms with Crippen molar-refractivity contribution >= 4 is 5.78 Å². The van der Waals surface area contributed by atoms with Gasteiger partial charge in [-0.1, -0.05) is 18.5 Å². The zero-order valence-electron chi connectivity index (χ0n) is 11.5. The van der Waals surface area contributed by atoms with Gasteiger partial charge >= 0.3 is 0 Å². The Kier molecular flexibility index (Phi) is 3.58. The predicted molar refractivity (Wildman–Crippen MR) is 73.1 cm³/mol. The van der Waals surface area contributed by atoms with Crippen LogP contribution in [0.15, 0.2) is 23.0 Å². The molecule has 2 aromatic heterocycles. The first-order valence-electron chi connectivity index (χ1n) is 7.09. The highest BCUT2D eigenvalue weighted by atomic mass is 16.5. The summed E-state index contributed by atoms with van der Waals surface area (Å²) >= 11 is 0. The molecule has 104 valence electrons. The van der Waals surface area contributed by atoms with Crippen molar-refractivity contribution in [3.63, 3.8) is 0 Å². The summed E-state index contributed by atoms with van der Waals surface area (Å²) < 4.78 is 5.33. The highest BCUT2D eigenvalue weighted by Crippen LogP contribution is 2.30. The molecule has 3 rings (SSSR count). The molecule has 2 heterocycles. The van der Waals surface area contributed by atoms with Crippen LogP contribution >= 0.6 is 0 Å². The highest BCUT2D eigenvalue weighted by Gasteiger charge is 2.29. The number of hydrogen-bond acceptors (Lipinski definition) is 5. The Bertz CT molecular complexity index is 621. The van der Waals surface area contributed by atoms with Crippen LogP contribution in [-0.4, -0.2) is 20.9 Å². The number of Topliss-reactive ketones (excluding diaryl/α,β-unsaturated/α-hetero) is 1. The monoisotopic (exact) mass is 271 g/mol. The van der Waals surface area contributed by atoms with E-state index >= 15 is 0 Å². The van der Waals surface area contributed by atoms with Crippen molar-refractivity contribution in [2.24, 2.45) is 0 Å². The Morgan fingerprint density at radius 2 is 2.30 bits per heavy atom. The summed E-state index contributed by atoms with van der Waals surface area (Å²) in [7, 11) is 0. The van der Waals surface area contributed by atoms with Crippen LogP contribution in [-0.2, 0) is 11.2 Å². The van der Waals surface area contributed by atoms with Gasteiger partial charge in [0.05, 0.1) is 5.92 Å². The molecule has 0 amide bonds. The molecule has 1 fully saturated rings. The van der Waals surface area contributed by atoms with E-state index in [0.29, 0.717) is 18.1 Å². The van der Waals surface area contributed by atoms with E-state index in [4.69, 9.17) is 4.52 Å². The Balaban J connectivity index is 1.92. The number of aryl methyl sites for hydroxylation is 1. The van der Waals surface area contributed by atoms with Crippen molar-refractivity contribution in [1.29, 1.82) is 0 Å². The van der Waals surface area contributed by atoms with Crippen molar-refractivity contribution in [2.45, 2.75) is 44.9 Å². The average molecular weight is 271 g/mol. The van der Waals surface area contributed by atoms with Crippen LogP contribution in [0.2, 0.25) is 0 Å². The van der Waals surface area contributed by atoms with E-state index < -0.39 is 0 Å². The molecule has 0 aliphatic heterocycles. The number of pyridine rings is 1. The minimum Gasteiger partial charge on any atom is -0.338 e. The Morgan fingerprint density at radius 3 is 3.10 bits per heavy atom. The van der Waals surface area contributed by atoms with Gasteiger partial charge in [-0.05, 0) is 30.9 Å². The fraction of sp³-hybridized carbons (Fsp3) is 0.467. The van der Waals surface area contributed by atoms with Gasteiger partial charge in [-0.2, -0.15) is 4.98 Å². The van der Waals surface area contributed by atoms with Gasteiger partial charge in [-0.3, -0.25) is 9.78 Å². The fourth-order valence-electron chi connectivity index (χ4n) is 2.66. The lowest BCUT2D eigenvalue weighted by Gasteiger charge is -2.16. The third-order valence-electron chi connectivity index (χ3n) is 3.82. The first-order chi connectivity index (χ1) is 9.79. The van der Waals surface area contributed by atoms with Crippen molar-refractivity contribution in [1.82, 2.24) is 15.1 Å². The summed E-state index contributed by atoms with van der Waals surface area (Å²) in [5.74, 6) is 1.02. The van der Waals surface area contributed by atoms with Gasteiger partial charge in [-0.15, -0.1) is 0 Å². The van der Waals surface area contributed by atoms with E-state index in [2.05, 4.69) is 22.0 Å². The van der Waals surface area contributed by atoms with Crippen LogP contribution in [0.1, 0.15) is 50.0 Å². The second-order valence-corrected chi connectivity index (χ2v) is 5.11. The lowest BCUT2D eigenvalue weighted by molar-refractivity contribution is -0.122. The molecule has 0 spiro atoms. The molecule has 1 atom stereocenters. The van der Waals surface area contributed by atoms with E-state index in [1.165, 1.54) is 0 Å². The molecule has 5 nitrogen and oxygen atoms in total. The quantitative estimate of drug-likeness (QED) is 0.858. The molecule has 2 aromatic rings. The topological polar surface area (TPSA) is 68.9 Å². The summed E-state index contributed by atoms with van der Waals surface area (Å²) in [5.41, 5.74) is 2.01. The summed E-state index contributed by atoms with van der Waals surface area (Å²) in [6.07, 6.45) is 7.85. The molecule has 1 unspecified atom stereocenters. The molecule has 0 N–H and O–H groups in total. The molecule has 0 radical (unpaired) electrons. The number of ketones is 1. The molecule has 0 aromatic carbocycles. The maximum absolute atomic E-state index is 11.9.